The fourth-order valence-electron chi connectivity index (χ4n) is 3.19. The van der Waals surface area contributed by atoms with Crippen LogP contribution in [0, 0.1) is 6.92 Å². The molecular weight excluding hydrogens is 409 g/mol. The lowest BCUT2D eigenvalue weighted by Gasteiger charge is -2.09. The molecule has 4 aromatic rings. The summed E-state index contributed by atoms with van der Waals surface area (Å²) in [6.45, 7) is 3.81. The minimum atomic E-state index is -0.400. The van der Waals surface area contributed by atoms with Crippen LogP contribution in [-0.4, -0.2) is 25.7 Å². The quantitative estimate of drug-likeness (QED) is 0.486. The fourth-order valence-corrected chi connectivity index (χ4v) is 3.56. The van der Waals surface area contributed by atoms with E-state index in [1.807, 2.05) is 31.2 Å². The number of amides is 1. The monoisotopic (exact) mass is 425 g/mol. The van der Waals surface area contributed by atoms with Crippen LogP contribution in [0.1, 0.15) is 28.8 Å². The number of nitrogens with one attached hydrogen (secondary N) is 1. The molecule has 2 aromatic carbocycles. The van der Waals surface area contributed by atoms with E-state index in [1.165, 1.54) is 0 Å². The molecule has 2 aromatic heterocycles. The average molecular weight is 426 g/mol. The first-order valence-electron chi connectivity index (χ1n) is 9.06. The van der Waals surface area contributed by atoms with Gasteiger partial charge in [-0.25, -0.2) is 4.52 Å². The van der Waals surface area contributed by atoms with E-state index in [2.05, 4.69) is 20.6 Å². The molecule has 0 saturated heterocycles. The van der Waals surface area contributed by atoms with Gasteiger partial charge in [-0.3, -0.25) is 4.79 Å². The summed E-state index contributed by atoms with van der Waals surface area (Å²) in [7, 11) is 0. The summed E-state index contributed by atoms with van der Waals surface area (Å²) in [5.74, 6) is -0.400. The van der Waals surface area contributed by atoms with Crippen LogP contribution in [0.4, 0.5) is 5.69 Å². The highest BCUT2D eigenvalue weighted by Gasteiger charge is 2.21. The maximum atomic E-state index is 12.8. The zero-order valence-electron chi connectivity index (χ0n) is 15.8. The van der Waals surface area contributed by atoms with Crippen molar-refractivity contribution in [1.29, 1.82) is 0 Å². The van der Waals surface area contributed by atoms with Crippen LogP contribution in [-0.2, 0) is 6.42 Å². The average Bonchev–Trinajstić information content (AvgIpc) is 3.09. The van der Waals surface area contributed by atoms with Crippen molar-refractivity contribution in [1.82, 2.24) is 19.8 Å². The van der Waals surface area contributed by atoms with Gasteiger partial charge in [0, 0.05) is 5.02 Å². The van der Waals surface area contributed by atoms with Crippen LogP contribution in [0.2, 0.25) is 10.0 Å². The second-order valence-electron chi connectivity index (χ2n) is 6.49. The van der Waals surface area contributed by atoms with Crippen molar-refractivity contribution < 1.29 is 4.79 Å². The maximum absolute atomic E-state index is 12.8. The predicted molar refractivity (Wildman–Crippen MR) is 115 cm³/mol. The first-order valence-corrected chi connectivity index (χ1v) is 9.82. The molecule has 146 valence electrons. The summed E-state index contributed by atoms with van der Waals surface area (Å²) in [4.78, 5) is 12.8. The summed E-state index contributed by atoms with van der Waals surface area (Å²) in [5.41, 5.74) is 4.48. The molecule has 1 amide bonds. The largest absolute Gasteiger partial charge is 0.319 e. The van der Waals surface area contributed by atoms with Crippen LogP contribution in [0.5, 0.6) is 0 Å². The van der Waals surface area contributed by atoms with Crippen molar-refractivity contribution in [3.05, 3.63) is 75.7 Å². The highest BCUT2D eigenvalue weighted by atomic mass is 35.5. The van der Waals surface area contributed by atoms with Gasteiger partial charge in [0.15, 0.2) is 11.3 Å². The van der Waals surface area contributed by atoms with Gasteiger partial charge in [-0.15, -0.1) is 10.2 Å². The molecule has 0 aliphatic carbocycles. The van der Waals surface area contributed by atoms with Gasteiger partial charge in [-0.1, -0.05) is 54.4 Å². The standard InChI is InChI=1S/C21H17Cl2N5O/c1-3-16-18(13-7-6-8-14(22)11-13)20-26-25-19(12(2)28(20)27-16)21(29)24-17-10-5-4-9-15(17)23/h4-11H,3H2,1-2H3,(H,24,29). The smallest absolute Gasteiger partial charge is 0.278 e. The molecule has 2 heterocycles. The molecule has 4 rings (SSSR count). The summed E-state index contributed by atoms with van der Waals surface area (Å²) >= 11 is 12.3. The number of hydrogen-bond acceptors (Lipinski definition) is 4. The Morgan fingerprint density at radius 3 is 2.62 bits per heavy atom. The second-order valence-corrected chi connectivity index (χ2v) is 7.33. The summed E-state index contributed by atoms with van der Waals surface area (Å²) in [6, 6.07) is 14.5. The third-order valence-corrected chi connectivity index (χ3v) is 5.19. The molecule has 0 spiro atoms. The number of halogens is 2. The lowest BCUT2D eigenvalue weighted by atomic mass is 10.0. The lowest BCUT2D eigenvalue weighted by Crippen LogP contribution is -2.18. The Labute approximate surface area is 177 Å². The number of para-hydroxylation sites is 1. The van der Waals surface area contributed by atoms with Gasteiger partial charge in [0.25, 0.3) is 5.91 Å². The third-order valence-electron chi connectivity index (χ3n) is 4.62. The molecule has 8 heteroatoms. The highest BCUT2D eigenvalue weighted by molar-refractivity contribution is 6.33. The Kier molecular flexibility index (Phi) is 5.22. The second kappa shape index (κ2) is 7.81. The molecule has 0 aliphatic heterocycles. The van der Waals surface area contributed by atoms with Crippen molar-refractivity contribution in [2.45, 2.75) is 20.3 Å². The lowest BCUT2D eigenvalue weighted by molar-refractivity contribution is 0.102. The van der Waals surface area contributed by atoms with E-state index in [9.17, 15) is 4.79 Å². The first kappa shape index (κ1) is 19.4. The Bertz CT molecular complexity index is 1240. The predicted octanol–water partition coefficient (Wildman–Crippen LogP) is 5.22. The number of carbonyl (C=O) groups is 1. The van der Waals surface area contributed by atoms with Crippen molar-refractivity contribution in [3.63, 3.8) is 0 Å². The molecule has 0 fully saturated rings. The molecule has 29 heavy (non-hydrogen) atoms. The van der Waals surface area contributed by atoms with E-state index < -0.39 is 5.91 Å². The highest BCUT2D eigenvalue weighted by Crippen LogP contribution is 2.30. The number of benzene rings is 2. The van der Waals surface area contributed by atoms with E-state index in [0.717, 1.165) is 16.8 Å². The minimum absolute atomic E-state index is 0.181. The molecule has 0 bridgehead atoms. The molecule has 6 nitrogen and oxygen atoms in total. The summed E-state index contributed by atoms with van der Waals surface area (Å²) < 4.78 is 1.66. The molecule has 0 atom stereocenters. The number of anilines is 1. The van der Waals surface area contributed by atoms with E-state index in [4.69, 9.17) is 23.2 Å². The number of nitrogens with zero attached hydrogens (tertiary/aromatic N) is 4. The van der Waals surface area contributed by atoms with Gasteiger partial charge in [0.1, 0.15) is 0 Å². The Balaban J connectivity index is 1.81. The van der Waals surface area contributed by atoms with E-state index in [-0.39, 0.29) is 5.69 Å². The van der Waals surface area contributed by atoms with Crippen LogP contribution < -0.4 is 5.32 Å². The van der Waals surface area contributed by atoms with Gasteiger partial charge >= 0.3 is 0 Å². The Morgan fingerprint density at radius 1 is 1.10 bits per heavy atom. The van der Waals surface area contributed by atoms with Gasteiger partial charge < -0.3 is 5.32 Å². The van der Waals surface area contributed by atoms with E-state index >= 15 is 0 Å². The Hall–Kier alpha value is -2.96. The van der Waals surface area contributed by atoms with Crippen molar-refractivity contribution in [2.24, 2.45) is 0 Å². The first-order chi connectivity index (χ1) is 14.0. The normalized spacial score (nSPS) is 11.0. The molecule has 0 saturated carbocycles. The maximum Gasteiger partial charge on any atom is 0.278 e. The zero-order valence-corrected chi connectivity index (χ0v) is 17.3. The molecule has 1 N–H and O–H groups in total. The SMILES string of the molecule is CCc1nn2c(C)c(C(=O)Nc3ccccc3Cl)nnc2c1-c1cccc(Cl)c1. The van der Waals surface area contributed by atoms with Gasteiger partial charge in [0.2, 0.25) is 0 Å². The van der Waals surface area contributed by atoms with E-state index in [0.29, 0.717) is 33.5 Å². The van der Waals surface area contributed by atoms with E-state index in [1.54, 1.807) is 35.7 Å². The molecular formula is C21H17Cl2N5O. The van der Waals surface area contributed by atoms with Gasteiger partial charge in [-0.05, 0) is 43.2 Å². The van der Waals surface area contributed by atoms with Crippen LogP contribution in [0.15, 0.2) is 48.5 Å². The number of fused-ring (bicyclic) bond motifs is 1. The summed E-state index contributed by atoms with van der Waals surface area (Å²) in [6.07, 6.45) is 0.700. The molecule has 0 aliphatic rings. The van der Waals surface area contributed by atoms with Crippen molar-refractivity contribution in [3.8, 4) is 11.1 Å². The number of aromatic nitrogens is 4. The van der Waals surface area contributed by atoms with Crippen LogP contribution in [0.3, 0.4) is 0 Å². The van der Waals surface area contributed by atoms with Crippen LogP contribution >= 0.6 is 23.2 Å². The zero-order chi connectivity index (χ0) is 20.5. The topological polar surface area (TPSA) is 72.2 Å². The number of aryl methyl sites for hydroxylation is 2. The van der Waals surface area contributed by atoms with Gasteiger partial charge in [0.05, 0.1) is 27.7 Å². The molecule has 0 unspecified atom stereocenters. The summed E-state index contributed by atoms with van der Waals surface area (Å²) in [5, 5.41) is 17.0. The number of carbonyl (C=O) groups excluding carboxylic acids is 1. The third kappa shape index (κ3) is 3.57. The fraction of sp³-hybridized carbons (Fsp3) is 0.143. The van der Waals surface area contributed by atoms with Gasteiger partial charge in [-0.2, -0.15) is 5.10 Å². The van der Waals surface area contributed by atoms with Crippen LogP contribution in [0.25, 0.3) is 16.8 Å². The van der Waals surface area contributed by atoms with Crippen molar-refractivity contribution >= 4 is 40.4 Å². The molecule has 0 radical (unpaired) electrons. The Morgan fingerprint density at radius 2 is 1.90 bits per heavy atom. The minimum Gasteiger partial charge on any atom is -0.319 e. The van der Waals surface area contributed by atoms with Crippen molar-refractivity contribution in [2.75, 3.05) is 5.32 Å². The number of rotatable bonds is 4. The number of hydrogen-bond donors (Lipinski definition) is 1.